The molecule has 7 nitrogen and oxygen atoms in total. The molecule has 2 rings (SSSR count). The summed E-state index contributed by atoms with van der Waals surface area (Å²) in [5, 5.41) is 6.74. The normalized spacial score (nSPS) is 26.1. The zero-order chi connectivity index (χ0) is 17.9. The van der Waals surface area contributed by atoms with Crippen LogP contribution in [0.15, 0.2) is 4.99 Å². The number of guanidine groups is 1. The molecule has 0 saturated carbocycles. The van der Waals surface area contributed by atoms with Gasteiger partial charge in [0.25, 0.3) is 0 Å². The minimum Gasteiger partial charge on any atom is -0.379 e. The highest BCUT2D eigenvalue weighted by atomic mass is 16.5. The molecule has 0 aromatic heterocycles. The van der Waals surface area contributed by atoms with E-state index in [9.17, 15) is 0 Å². The van der Waals surface area contributed by atoms with E-state index in [0.29, 0.717) is 12.1 Å². The highest BCUT2D eigenvalue weighted by Gasteiger charge is 2.21. The summed E-state index contributed by atoms with van der Waals surface area (Å²) >= 11 is 0. The molecule has 0 amide bonds. The van der Waals surface area contributed by atoms with Crippen LogP contribution in [0.1, 0.15) is 26.2 Å². The van der Waals surface area contributed by atoms with E-state index in [0.717, 1.165) is 77.9 Å². The maximum absolute atomic E-state index is 5.70. The van der Waals surface area contributed by atoms with Crippen LogP contribution in [0.3, 0.4) is 0 Å². The van der Waals surface area contributed by atoms with Crippen molar-refractivity contribution < 1.29 is 9.47 Å². The summed E-state index contributed by atoms with van der Waals surface area (Å²) in [6, 6.07) is 0.490. The smallest absolute Gasteiger partial charge is 0.191 e. The first-order valence-corrected chi connectivity index (χ1v) is 9.79. The highest BCUT2D eigenvalue weighted by Crippen LogP contribution is 2.11. The van der Waals surface area contributed by atoms with Crippen LogP contribution in [0, 0.1) is 0 Å². The van der Waals surface area contributed by atoms with E-state index in [2.05, 4.69) is 41.5 Å². The molecule has 2 aliphatic rings. The van der Waals surface area contributed by atoms with Crippen LogP contribution in [0.5, 0.6) is 0 Å². The van der Waals surface area contributed by atoms with Crippen LogP contribution in [0.4, 0.5) is 0 Å². The van der Waals surface area contributed by atoms with Crippen molar-refractivity contribution in [1.29, 1.82) is 0 Å². The zero-order valence-electron chi connectivity index (χ0n) is 16.3. The zero-order valence-corrected chi connectivity index (χ0v) is 16.3. The van der Waals surface area contributed by atoms with Crippen molar-refractivity contribution in [2.24, 2.45) is 4.99 Å². The van der Waals surface area contributed by atoms with Gasteiger partial charge >= 0.3 is 0 Å². The van der Waals surface area contributed by atoms with E-state index >= 15 is 0 Å². The van der Waals surface area contributed by atoms with Crippen molar-refractivity contribution in [1.82, 2.24) is 20.4 Å². The summed E-state index contributed by atoms with van der Waals surface area (Å²) in [6.45, 7) is 10.4. The molecule has 2 saturated heterocycles. The number of nitrogens with one attached hydrogen (secondary N) is 2. The third-order valence-electron chi connectivity index (χ3n) is 4.87. The van der Waals surface area contributed by atoms with Crippen LogP contribution in [0.2, 0.25) is 0 Å². The Kier molecular flexibility index (Phi) is 9.54. The van der Waals surface area contributed by atoms with Crippen molar-refractivity contribution in [3.63, 3.8) is 0 Å². The number of rotatable bonds is 9. The molecule has 146 valence electrons. The van der Waals surface area contributed by atoms with Gasteiger partial charge in [0.2, 0.25) is 0 Å². The molecule has 25 heavy (non-hydrogen) atoms. The minimum absolute atomic E-state index is 0.317. The molecular formula is C18H37N5O2. The number of ether oxygens (including phenoxy) is 2. The van der Waals surface area contributed by atoms with Gasteiger partial charge in [0, 0.05) is 52.0 Å². The lowest BCUT2D eigenvalue weighted by Gasteiger charge is -2.36. The summed E-state index contributed by atoms with van der Waals surface area (Å²) in [5.41, 5.74) is 0. The predicted molar refractivity (Wildman–Crippen MR) is 102 cm³/mol. The Morgan fingerprint density at radius 2 is 2.16 bits per heavy atom. The van der Waals surface area contributed by atoms with Gasteiger partial charge < -0.3 is 25.0 Å². The number of aliphatic imine (C=N–C) groups is 1. The molecule has 0 aromatic rings. The van der Waals surface area contributed by atoms with Gasteiger partial charge in [-0.25, -0.2) is 0 Å². The maximum Gasteiger partial charge on any atom is 0.191 e. The average Bonchev–Trinajstić information content (AvgIpc) is 3.11. The van der Waals surface area contributed by atoms with E-state index < -0.39 is 0 Å². The summed E-state index contributed by atoms with van der Waals surface area (Å²) in [5.74, 6) is 0.906. The molecule has 7 heteroatoms. The monoisotopic (exact) mass is 355 g/mol. The number of nitrogens with zero attached hydrogens (tertiary/aromatic N) is 3. The molecule has 0 spiro atoms. The van der Waals surface area contributed by atoms with Crippen LogP contribution < -0.4 is 10.6 Å². The fourth-order valence-corrected chi connectivity index (χ4v) is 3.21. The largest absolute Gasteiger partial charge is 0.379 e. The fraction of sp³-hybridized carbons (Fsp3) is 0.944. The number of piperazine rings is 1. The van der Waals surface area contributed by atoms with Crippen molar-refractivity contribution in [3.8, 4) is 0 Å². The maximum atomic E-state index is 5.70. The van der Waals surface area contributed by atoms with E-state index in [1.54, 1.807) is 0 Å². The van der Waals surface area contributed by atoms with E-state index in [1.165, 1.54) is 6.42 Å². The SMILES string of the molecule is CCNC(=NCC1CN(C)CCN1C)NCCCOCC1CCCO1. The van der Waals surface area contributed by atoms with Gasteiger partial charge in [-0.05, 0) is 40.3 Å². The van der Waals surface area contributed by atoms with Crippen LogP contribution in [-0.2, 0) is 9.47 Å². The lowest BCUT2D eigenvalue weighted by Crippen LogP contribution is -2.51. The molecule has 0 radical (unpaired) electrons. The van der Waals surface area contributed by atoms with Gasteiger partial charge in [0.15, 0.2) is 5.96 Å². The molecule has 2 aliphatic heterocycles. The molecule has 0 aromatic carbocycles. The van der Waals surface area contributed by atoms with Crippen LogP contribution >= 0.6 is 0 Å². The standard InChI is InChI=1S/C18H37N5O2/c1-4-19-18(21-13-16-14-22(2)9-10-23(16)3)20-8-6-11-24-15-17-7-5-12-25-17/h16-17H,4-15H2,1-3H3,(H2,19,20,21). The molecule has 2 unspecified atom stereocenters. The van der Waals surface area contributed by atoms with Gasteiger partial charge in [0.1, 0.15) is 0 Å². The van der Waals surface area contributed by atoms with Crippen molar-refractivity contribution in [2.75, 3.05) is 73.2 Å². The van der Waals surface area contributed by atoms with Gasteiger partial charge in [-0.1, -0.05) is 0 Å². The minimum atomic E-state index is 0.317. The Hall–Kier alpha value is -0.890. The first-order valence-electron chi connectivity index (χ1n) is 9.79. The molecule has 0 aliphatic carbocycles. The summed E-state index contributed by atoms with van der Waals surface area (Å²) in [4.78, 5) is 9.56. The van der Waals surface area contributed by atoms with Gasteiger partial charge in [0.05, 0.1) is 19.3 Å². The second kappa shape index (κ2) is 11.7. The first kappa shape index (κ1) is 20.4. The lowest BCUT2D eigenvalue weighted by atomic mass is 10.2. The topological polar surface area (TPSA) is 61.4 Å². The first-order chi connectivity index (χ1) is 12.2. The quantitative estimate of drug-likeness (QED) is 0.354. The second-order valence-electron chi connectivity index (χ2n) is 7.11. The Morgan fingerprint density at radius 1 is 1.28 bits per heavy atom. The average molecular weight is 356 g/mol. The molecular weight excluding hydrogens is 318 g/mol. The van der Waals surface area contributed by atoms with Gasteiger partial charge in [-0.2, -0.15) is 0 Å². The fourth-order valence-electron chi connectivity index (χ4n) is 3.21. The van der Waals surface area contributed by atoms with E-state index in [-0.39, 0.29) is 0 Å². The molecule has 2 fully saturated rings. The number of hydrogen-bond acceptors (Lipinski definition) is 5. The van der Waals surface area contributed by atoms with Crippen molar-refractivity contribution >= 4 is 5.96 Å². The Morgan fingerprint density at radius 3 is 2.92 bits per heavy atom. The highest BCUT2D eigenvalue weighted by molar-refractivity contribution is 5.79. The number of hydrogen-bond donors (Lipinski definition) is 2. The van der Waals surface area contributed by atoms with Gasteiger partial charge in [-0.3, -0.25) is 9.89 Å². The summed E-state index contributed by atoms with van der Waals surface area (Å²) in [7, 11) is 4.38. The summed E-state index contributed by atoms with van der Waals surface area (Å²) in [6.07, 6.45) is 3.60. The van der Waals surface area contributed by atoms with Crippen molar-refractivity contribution in [3.05, 3.63) is 0 Å². The number of likely N-dealkylation sites (N-methyl/N-ethyl adjacent to an activating group) is 2. The van der Waals surface area contributed by atoms with E-state index in [4.69, 9.17) is 14.5 Å². The van der Waals surface area contributed by atoms with E-state index in [1.807, 2.05) is 0 Å². The molecule has 2 atom stereocenters. The Labute approximate surface area is 153 Å². The van der Waals surface area contributed by atoms with Crippen molar-refractivity contribution in [2.45, 2.75) is 38.3 Å². The van der Waals surface area contributed by atoms with Gasteiger partial charge in [-0.15, -0.1) is 0 Å². The summed E-state index contributed by atoms with van der Waals surface area (Å²) < 4.78 is 11.3. The third kappa shape index (κ3) is 7.90. The molecule has 2 heterocycles. The molecule has 0 bridgehead atoms. The lowest BCUT2D eigenvalue weighted by molar-refractivity contribution is 0.0168. The molecule has 2 N–H and O–H groups in total. The second-order valence-corrected chi connectivity index (χ2v) is 7.11. The van der Waals surface area contributed by atoms with Crippen LogP contribution in [0.25, 0.3) is 0 Å². The Bertz CT molecular complexity index is 388. The predicted octanol–water partition coefficient (Wildman–Crippen LogP) is 0.373. The van der Waals surface area contributed by atoms with Crippen LogP contribution in [-0.4, -0.2) is 101 Å². The third-order valence-corrected chi connectivity index (χ3v) is 4.87. The Balaban J connectivity index is 1.61.